The Balaban J connectivity index is 1.77. The number of hydrogen-bond acceptors (Lipinski definition) is 2. The number of halogens is 1. The van der Waals surface area contributed by atoms with Crippen LogP contribution in [0.5, 0.6) is 0 Å². The quantitative estimate of drug-likeness (QED) is 0.766. The van der Waals surface area contributed by atoms with Gasteiger partial charge in [-0.2, -0.15) is 0 Å². The zero-order valence-electron chi connectivity index (χ0n) is 9.61. The summed E-state index contributed by atoms with van der Waals surface area (Å²) in [5.74, 6) is 0. The zero-order valence-corrected chi connectivity index (χ0v) is 9.61. The van der Waals surface area contributed by atoms with E-state index in [4.69, 9.17) is 0 Å². The van der Waals surface area contributed by atoms with E-state index in [1.807, 2.05) is 6.07 Å². The van der Waals surface area contributed by atoms with E-state index in [2.05, 4.69) is 34.1 Å². The molecule has 0 atom stereocenters. The molecule has 0 saturated carbocycles. The standard InChI is InChI=1S/C13H19FN2/c14-6-7-15-8-10-16(11-9-15)12-13-4-2-1-3-5-13/h1-5H,6-12H2. The van der Waals surface area contributed by atoms with Gasteiger partial charge in [0.15, 0.2) is 0 Å². The molecule has 1 heterocycles. The number of nitrogens with zero attached hydrogens (tertiary/aromatic N) is 2. The Morgan fingerprint density at radius 3 is 2.19 bits per heavy atom. The SMILES string of the molecule is FCCN1CCN(Cc2ccccc2)CC1. The van der Waals surface area contributed by atoms with Gasteiger partial charge in [-0.15, -0.1) is 0 Å². The maximum Gasteiger partial charge on any atom is 0.102 e. The van der Waals surface area contributed by atoms with Crippen molar-refractivity contribution in [1.82, 2.24) is 9.80 Å². The highest BCUT2D eigenvalue weighted by atomic mass is 19.1. The van der Waals surface area contributed by atoms with Gasteiger partial charge in [0.05, 0.1) is 0 Å². The predicted octanol–water partition coefficient (Wildman–Crippen LogP) is 1.77. The number of benzene rings is 1. The molecule has 2 rings (SSSR count). The Labute approximate surface area is 96.7 Å². The molecule has 0 spiro atoms. The summed E-state index contributed by atoms with van der Waals surface area (Å²) in [6.07, 6.45) is 0. The molecule has 0 unspecified atom stereocenters. The minimum absolute atomic E-state index is 0.224. The average molecular weight is 222 g/mol. The molecule has 0 bridgehead atoms. The number of hydrogen-bond donors (Lipinski definition) is 0. The normalized spacial score (nSPS) is 18.8. The fraction of sp³-hybridized carbons (Fsp3) is 0.538. The van der Waals surface area contributed by atoms with Crippen LogP contribution in [0.3, 0.4) is 0 Å². The van der Waals surface area contributed by atoms with Crippen molar-refractivity contribution in [3.8, 4) is 0 Å². The highest BCUT2D eigenvalue weighted by Gasteiger charge is 2.16. The lowest BCUT2D eigenvalue weighted by Crippen LogP contribution is -2.46. The van der Waals surface area contributed by atoms with Crippen molar-refractivity contribution < 1.29 is 4.39 Å². The molecule has 1 aromatic rings. The van der Waals surface area contributed by atoms with Gasteiger partial charge in [0, 0.05) is 39.3 Å². The second-order valence-corrected chi connectivity index (χ2v) is 4.29. The first-order valence-corrected chi connectivity index (χ1v) is 5.93. The van der Waals surface area contributed by atoms with Crippen LogP contribution in [0.2, 0.25) is 0 Å². The molecular formula is C13H19FN2. The van der Waals surface area contributed by atoms with Crippen molar-refractivity contribution in [3.05, 3.63) is 35.9 Å². The lowest BCUT2D eigenvalue weighted by atomic mass is 10.2. The second-order valence-electron chi connectivity index (χ2n) is 4.29. The van der Waals surface area contributed by atoms with Crippen molar-refractivity contribution in [2.24, 2.45) is 0 Å². The molecule has 88 valence electrons. The number of rotatable bonds is 4. The maximum absolute atomic E-state index is 12.2. The van der Waals surface area contributed by atoms with Crippen LogP contribution in [0.1, 0.15) is 5.56 Å². The molecule has 0 radical (unpaired) electrons. The van der Waals surface area contributed by atoms with Crippen LogP contribution in [0.15, 0.2) is 30.3 Å². The summed E-state index contributed by atoms with van der Waals surface area (Å²) in [5.41, 5.74) is 1.36. The summed E-state index contributed by atoms with van der Waals surface area (Å²) in [6.45, 7) is 5.49. The van der Waals surface area contributed by atoms with E-state index in [1.54, 1.807) is 0 Å². The van der Waals surface area contributed by atoms with E-state index in [1.165, 1.54) is 5.56 Å². The van der Waals surface area contributed by atoms with Crippen LogP contribution < -0.4 is 0 Å². The third kappa shape index (κ3) is 3.29. The molecule has 1 fully saturated rings. The Bertz CT molecular complexity index is 294. The van der Waals surface area contributed by atoms with Gasteiger partial charge in [-0.25, -0.2) is 4.39 Å². The van der Waals surface area contributed by atoms with Gasteiger partial charge in [-0.3, -0.25) is 9.80 Å². The fourth-order valence-corrected chi connectivity index (χ4v) is 2.13. The van der Waals surface area contributed by atoms with Crippen LogP contribution in [0, 0.1) is 0 Å². The van der Waals surface area contributed by atoms with Gasteiger partial charge in [-0.05, 0) is 5.56 Å². The number of alkyl halides is 1. The summed E-state index contributed by atoms with van der Waals surface area (Å²) >= 11 is 0. The molecule has 16 heavy (non-hydrogen) atoms. The lowest BCUT2D eigenvalue weighted by Gasteiger charge is -2.34. The minimum Gasteiger partial charge on any atom is -0.298 e. The van der Waals surface area contributed by atoms with E-state index in [0.29, 0.717) is 6.54 Å². The first-order valence-electron chi connectivity index (χ1n) is 5.93. The average Bonchev–Trinajstić information content (AvgIpc) is 2.33. The van der Waals surface area contributed by atoms with E-state index < -0.39 is 0 Å². The summed E-state index contributed by atoms with van der Waals surface area (Å²) in [5, 5.41) is 0. The van der Waals surface area contributed by atoms with Gasteiger partial charge >= 0.3 is 0 Å². The lowest BCUT2D eigenvalue weighted by molar-refractivity contribution is 0.121. The van der Waals surface area contributed by atoms with Gasteiger partial charge < -0.3 is 0 Å². The molecule has 1 aliphatic heterocycles. The molecular weight excluding hydrogens is 203 g/mol. The molecule has 0 N–H and O–H groups in total. The molecule has 2 nitrogen and oxygen atoms in total. The molecule has 0 amide bonds. The summed E-state index contributed by atoms with van der Waals surface area (Å²) in [6, 6.07) is 10.5. The topological polar surface area (TPSA) is 6.48 Å². The van der Waals surface area contributed by atoms with Gasteiger partial charge in [0.2, 0.25) is 0 Å². The van der Waals surface area contributed by atoms with E-state index in [0.717, 1.165) is 32.7 Å². The van der Waals surface area contributed by atoms with Crippen LogP contribution >= 0.6 is 0 Å². The maximum atomic E-state index is 12.2. The largest absolute Gasteiger partial charge is 0.298 e. The van der Waals surface area contributed by atoms with Gasteiger partial charge in [-0.1, -0.05) is 30.3 Å². The summed E-state index contributed by atoms with van der Waals surface area (Å²) in [7, 11) is 0. The van der Waals surface area contributed by atoms with Crippen molar-refractivity contribution in [1.29, 1.82) is 0 Å². The van der Waals surface area contributed by atoms with Gasteiger partial charge in [0.1, 0.15) is 6.67 Å². The van der Waals surface area contributed by atoms with E-state index >= 15 is 0 Å². The first kappa shape index (κ1) is 11.6. The molecule has 0 aromatic heterocycles. The highest BCUT2D eigenvalue weighted by molar-refractivity contribution is 5.14. The molecule has 1 aliphatic rings. The van der Waals surface area contributed by atoms with Crippen LogP contribution in [-0.4, -0.2) is 49.2 Å². The second kappa shape index (κ2) is 5.97. The first-order chi connectivity index (χ1) is 7.88. The van der Waals surface area contributed by atoms with Crippen molar-refractivity contribution in [3.63, 3.8) is 0 Å². The van der Waals surface area contributed by atoms with Gasteiger partial charge in [0.25, 0.3) is 0 Å². The fourth-order valence-electron chi connectivity index (χ4n) is 2.13. The van der Waals surface area contributed by atoms with Crippen LogP contribution in [0.4, 0.5) is 4.39 Å². The highest BCUT2D eigenvalue weighted by Crippen LogP contribution is 2.07. The van der Waals surface area contributed by atoms with Crippen molar-refractivity contribution in [2.75, 3.05) is 39.4 Å². The Kier molecular flexibility index (Phi) is 4.31. The smallest absolute Gasteiger partial charge is 0.102 e. The van der Waals surface area contributed by atoms with Crippen LogP contribution in [-0.2, 0) is 6.54 Å². The Hall–Kier alpha value is -0.930. The van der Waals surface area contributed by atoms with Crippen molar-refractivity contribution >= 4 is 0 Å². The van der Waals surface area contributed by atoms with E-state index in [9.17, 15) is 4.39 Å². The van der Waals surface area contributed by atoms with E-state index in [-0.39, 0.29) is 6.67 Å². The molecule has 3 heteroatoms. The Morgan fingerprint density at radius 2 is 1.56 bits per heavy atom. The summed E-state index contributed by atoms with van der Waals surface area (Å²) < 4.78 is 12.2. The minimum atomic E-state index is -0.224. The molecule has 1 saturated heterocycles. The van der Waals surface area contributed by atoms with Crippen molar-refractivity contribution in [2.45, 2.75) is 6.54 Å². The molecule has 0 aliphatic carbocycles. The zero-order chi connectivity index (χ0) is 11.2. The third-order valence-electron chi connectivity index (χ3n) is 3.11. The Morgan fingerprint density at radius 1 is 0.938 bits per heavy atom. The monoisotopic (exact) mass is 222 g/mol. The predicted molar refractivity (Wildman–Crippen MR) is 64.1 cm³/mol. The molecule has 1 aromatic carbocycles. The third-order valence-corrected chi connectivity index (χ3v) is 3.11. The summed E-state index contributed by atoms with van der Waals surface area (Å²) in [4.78, 5) is 4.63. The number of piperazine rings is 1. The van der Waals surface area contributed by atoms with Crippen LogP contribution in [0.25, 0.3) is 0 Å².